The van der Waals surface area contributed by atoms with Gasteiger partial charge in [-0.05, 0) is 56.3 Å². The standard InChI is InChI=1S/C17H26O3/c1-10-11(2)14-8-12(10)9-15(14)16(19)20-17(3)6-4-13(18)5-7-17/h10-12,14-15H,4-9H2,1-3H3. The van der Waals surface area contributed by atoms with Crippen LogP contribution in [0.2, 0.25) is 0 Å². The quantitative estimate of drug-likeness (QED) is 0.727. The summed E-state index contributed by atoms with van der Waals surface area (Å²) >= 11 is 0. The smallest absolute Gasteiger partial charge is 0.309 e. The Kier molecular flexibility index (Phi) is 3.42. The molecule has 3 rings (SSSR count). The number of hydrogen-bond acceptors (Lipinski definition) is 3. The van der Waals surface area contributed by atoms with Crippen molar-refractivity contribution in [2.24, 2.45) is 29.6 Å². The van der Waals surface area contributed by atoms with Crippen molar-refractivity contribution >= 4 is 11.8 Å². The normalized spacial score (nSPS) is 42.8. The first-order valence-electron chi connectivity index (χ1n) is 8.14. The van der Waals surface area contributed by atoms with E-state index in [2.05, 4.69) is 13.8 Å². The first-order chi connectivity index (χ1) is 9.39. The first-order valence-corrected chi connectivity index (χ1v) is 8.14. The molecular weight excluding hydrogens is 252 g/mol. The van der Waals surface area contributed by atoms with Gasteiger partial charge in [-0.15, -0.1) is 0 Å². The maximum atomic E-state index is 12.5. The average molecular weight is 278 g/mol. The zero-order valence-corrected chi connectivity index (χ0v) is 12.9. The lowest BCUT2D eigenvalue weighted by Gasteiger charge is -2.36. The molecule has 112 valence electrons. The fourth-order valence-electron chi connectivity index (χ4n) is 4.69. The first kappa shape index (κ1) is 14.1. The third-order valence-corrected chi connectivity index (χ3v) is 6.41. The third-order valence-electron chi connectivity index (χ3n) is 6.41. The highest BCUT2D eigenvalue weighted by Crippen LogP contribution is 2.55. The van der Waals surface area contributed by atoms with Gasteiger partial charge in [-0.1, -0.05) is 13.8 Å². The van der Waals surface area contributed by atoms with E-state index in [1.807, 2.05) is 6.92 Å². The molecule has 0 saturated heterocycles. The Morgan fingerprint density at radius 2 is 1.80 bits per heavy atom. The Hall–Kier alpha value is -0.860. The number of rotatable bonds is 2. The van der Waals surface area contributed by atoms with Crippen molar-refractivity contribution in [3.05, 3.63) is 0 Å². The summed E-state index contributed by atoms with van der Waals surface area (Å²) < 4.78 is 5.86. The highest BCUT2D eigenvalue weighted by atomic mass is 16.6. The van der Waals surface area contributed by atoms with Crippen molar-refractivity contribution in [1.29, 1.82) is 0 Å². The summed E-state index contributed by atoms with van der Waals surface area (Å²) in [5.74, 6) is 3.07. The molecule has 0 aliphatic heterocycles. The molecule has 0 amide bonds. The molecular formula is C17H26O3. The van der Waals surface area contributed by atoms with E-state index < -0.39 is 5.60 Å². The van der Waals surface area contributed by atoms with Crippen LogP contribution in [0.25, 0.3) is 0 Å². The summed E-state index contributed by atoms with van der Waals surface area (Å²) in [6.45, 7) is 6.61. The highest BCUT2D eigenvalue weighted by molar-refractivity contribution is 5.80. The molecule has 0 aromatic rings. The maximum absolute atomic E-state index is 12.5. The molecule has 0 heterocycles. The van der Waals surface area contributed by atoms with E-state index in [9.17, 15) is 9.59 Å². The molecule has 0 radical (unpaired) electrons. The highest BCUT2D eigenvalue weighted by Gasteiger charge is 2.52. The second kappa shape index (κ2) is 4.85. The van der Waals surface area contributed by atoms with Crippen LogP contribution in [0, 0.1) is 29.6 Å². The van der Waals surface area contributed by atoms with Gasteiger partial charge in [0.25, 0.3) is 0 Å². The van der Waals surface area contributed by atoms with Gasteiger partial charge in [0.1, 0.15) is 11.4 Å². The Morgan fingerprint density at radius 1 is 1.15 bits per heavy atom. The molecule has 3 saturated carbocycles. The fraction of sp³-hybridized carbons (Fsp3) is 0.882. The van der Waals surface area contributed by atoms with Crippen LogP contribution >= 0.6 is 0 Å². The largest absolute Gasteiger partial charge is 0.459 e. The molecule has 0 aromatic heterocycles. The number of carbonyl (C=O) groups is 2. The van der Waals surface area contributed by atoms with E-state index >= 15 is 0 Å². The van der Waals surface area contributed by atoms with Crippen LogP contribution in [0.15, 0.2) is 0 Å². The number of hydrogen-bond donors (Lipinski definition) is 0. The maximum Gasteiger partial charge on any atom is 0.309 e. The van der Waals surface area contributed by atoms with Crippen LogP contribution in [0.1, 0.15) is 59.3 Å². The van der Waals surface area contributed by atoms with Gasteiger partial charge in [0.2, 0.25) is 0 Å². The summed E-state index contributed by atoms with van der Waals surface area (Å²) in [6.07, 6.45) is 4.75. The lowest BCUT2D eigenvalue weighted by Crippen LogP contribution is -2.40. The van der Waals surface area contributed by atoms with Crippen molar-refractivity contribution in [2.75, 3.05) is 0 Å². The molecule has 3 aliphatic carbocycles. The molecule has 3 nitrogen and oxygen atoms in total. The number of Topliss-reactive ketones (excluding diaryl/α,β-unsaturated/α-hetero) is 1. The van der Waals surface area contributed by atoms with E-state index in [1.54, 1.807) is 0 Å². The summed E-state index contributed by atoms with van der Waals surface area (Å²) in [6, 6.07) is 0. The zero-order chi connectivity index (χ0) is 14.5. The third kappa shape index (κ3) is 2.29. The van der Waals surface area contributed by atoms with Gasteiger partial charge in [0.15, 0.2) is 0 Å². The lowest BCUT2D eigenvalue weighted by atomic mass is 9.75. The molecule has 5 unspecified atom stereocenters. The van der Waals surface area contributed by atoms with Gasteiger partial charge in [-0.25, -0.2) is 0 Å². The predicted octanol–water partition coefficient (Wildman–Crippen LogP) is 3.36. The second-order valence-electron chi connectivity index (χ2n) is 7.63. The Bertz CT molecular complexity index is 416. The van der Waals surface area contributed by atoms with E-state index in [0.29, 0.717) is 49.2 Å². The fourth-order valence-corrected chi connectivity index (χ4v) is 4.69. The van der Waals surface area contributed by atoms with Gasteiger partial charge < -0.3 is 4.74 Å². The second-order valence-corrected chi connectivity index (χ2v) is 7.63. The van der Waals surface area contributed by atoms with Crippen LogP contribution in [-0.4, -0.2) is 17.4 Å². The lowest BCUT2D eigenvalue weighted by molar-refractivity contribution is -0.170. The number of fused-ring (bicyclic) bond motifs is 2. The van der Waals surface area contributed by atoms with Gasteiger partial charge >= 0.3 is 5.97 Å². The minimum Gasteiger partial charge on any atom is -0.459 e. The van der Waals surface area contributed by atoms with Crippen molar-refractivity contribution in [3.8, 4) is 0 Å². The number of carbonyl (C=O) groups excluding carboxylic acids is 2. The van der Waals surface area contributed by atoms with E-state index in [4.69, 9.17) is 4.74 Å². The Morgan fingerprint density at radius 3 is 2.35 bits per heavy atom. The van der Waals surface area contributed by atoms with Crippen LogP contribution in [0.5, 0.6) is 0 Å². The summed E-state index contributed by atoms with van der Waals surface area (Å²) in [5, 5.41) is 0. The van der Waals surface area contributed by atoms with Crippen molar-refractivity contribution < 1.29 is 14.3 Å². The summed E-state index contributed by atoms with van der Waals surface area (Å²) in [4.78, 5) is 23.9. The number of ketones is 1. The van der Waals surface area contributed by atoms with Crippen LogP contribution in [0.3, 0.4) is 0 Å². The predicted molar refractivity (Wildman–Crippen MR) is 76.0 cm³/mol. The minimum atomic E-state index is -0.401. The van der Waals surface area contributed by atoms with Gasteiger partial charge in [-0.2, -0.15) is 0 Å². The Balaban J connectivity index is 1.62. The average Bonchev–Trinajstić information content (AvgIpc) is 2.95. The Labute approximate surface area is 121 Å². The van der Waals surface area contributed by atoms with Gasteiger partial charge in [0.05, 0.1) is 5.92 Å². The molecule has 5 atom stereocenters. The zero-order valence-electron chi connectivity index (χ0n) is 12.9. The molecule has 0 aromatic carbocycles. The molecule has 2 bridgehead atoms. The molecule has 3 aliphatic rings. The van der Waals surface area contributed by atoms with Gasteiger partial charge in [0, 0.05) is 12.8 Å². The van der Waals surface area contributed by atoms with Crippen LogP contribution in [0.4, 0.5) is 0 Å². The van der Waals surface area contributed by atoms with E-state index in [-0.39, 0.29) is 11.9 Å². The molecule has 0 N–H and O–H groups in total. The van der Waals surface area contributed by atoms with E-state index in [1.165, 1.54) is 6.42 Å². The molecule has 20 heavy (non-hydrogen) atoms. The molecule has 0 spiro atoms. The molecule has 3 heteroatoms. The summed E-state index contributed by atoms with van der Waals surface area (Å²) in [5.41, 5.74) is -0.401. The van der Waals surface area contributed by atoms with Crippen LogP contribution < -0.4 is 0 Å². The van der Waals surface area contributed by atoms with Crippen molar-refractivity contribution in [1.82, 2.24) is 0 Å². The SMILES string of the molecule is CC1C2CC(C(=O)OC3(C)CCC(=O)CC3)C(C2)C1C. The monoisotopic (exact) mass is 278 g/mol. The molecule has 3 fully saturated rings. The number of ether oxygens (including phenoxy) is 1. The topological polar surface area (TPSA) is 43.4 Å². The minimum absolute atomic E-state index is 0.00750. The van der Waals surface area contributed by atoms with E-state index in [0.717, 1.165) is 12.3 Å². The van der Waals surface area contributed by atoms with Crippen LogP contribution in [-0.2, 0) is 14.3 Å². The van der Waals surface area contributed by atoms with Crippen molar-refractivity contribution in [2.45, 2.75) is 64.9 Å². The summed E-state index contributed by atoms with van der Waals surface area (Å²) in [7, 11) is 0. The van der Waals surface area contributed by atoms with Gasteiger partial charge in [-0.3, -0.25) is 9.59 Å². The van der Waals surface area contributed by atoms with Crippen molar-refractivity contribution in [3.63, 3.8) is 0 Å². The number of esters is 1.